The molecule has 6 heteroatoms. The zero-order chi connectivity index (χ0) is 22.6. The fourth-order valence-electron chi connectivity index (χ4n) is 4.63. The van der Waals surface area contributed by atoms with Crippen LogP contribution in [0.5, 0.6) is 0 Å². The third kappa shape index (κ3) is 4.76. The van der Waals surface area contributed by atoms with Gasteiger partial charge in [-0.2, -0.15) is 0 Å². The molecule has 0 saturated carbocycles. The maximum absolute atomic E-state index is 12.6. The summed E-state index contributed by atoms with van der Waals surface area (Å²) in [5.41, 5.74) is 2.67. The van der Waals surface area contributed by atoms with Gasteiger partial charge in [0.1, 0.15) is 11.2 Å². The van der Waals surface area contributed by atoms with Crippen molar-refractivity contribution in [3.8, 4) is 0 Å². The van der Waals surface area contributed by atoms with Gasteiger partial charge in [-0.05, 0) is 62.0 Å². The monoisotopic (exact) mass is 434 g/mol. The topological polar surface area (TPSA) is 76.7 Å². The molecule has 0 saturated heterocycles. The van der Waals surface area contributed by atoms with Crippen LogP contribution in [-0.2, 0) is 43.1 Å². The summed E-state index contributed by atoms with van der Waals surface area (Å²) < 4.78 is 11.6. The molecule has 0 aromatic heterocycles. The molecule has 2 N–H and O–H groups in total. The highest BCUT2D eigenvalue weighted by molar-refractivity contribution is 5.92. The third-order valence-corrected chi connectivity index (χ3v) is 6.25. The Bertz CT molecular complexity index is 952. The highest BCUT2D eigenvalue weighted by Crippen LogP contribution is 2.31. The first-order chi connectivity index (χ1) is 15.4. The Morgan fingerprint density at radius 1 is 0.750 bits per heavy atom. The summed E-state index contributed by atoms with van der Waals surface area (Å²) in [7, 11) is 0. The summed E-state index contributed by atoms with van der Waals surface area (Å²) in [6, 6.07) is 16.0. The van der Waals surface area contributed by atoms with E-state index in [4.69, 9.17) is 9.47 Å². The van der Waals surface area contributed by atoms with Crippen LogP contribution in [0, 0.1) is 0 Å². The number of rotatable bonds is 4. The van der Waals surface area contributed by atoms with Crippen LogP contribution < -0.4 is 10.6 Å². The predicted octanol–water partition coefficient (Wildman–Crippen LogP) is 2.75. The summed E-state index contributed by atoms with van der Waals surface area (Å²) in [5.74, 6) is -1.15. The number of carbonyl (C=O) groups is 2. The summed E-state index contributed by atoms with van der Waals surface area (Å²) >= 11 is 0. The van der Waals surface area contributed by atoms with E-state index in [0.29, 0.717) is 13.1 Å². The van der Waals surface area contributed by atoms with Crippen LogP contribution in [0.15, 0.2) is 60.7 Å². The fourth-order valence-corrected chi connectivity index (χ4v) is 4.63. The second kappa shape index (κ2) is 9.27. The SMILES string of the molecule is CC1(OC(=O)/C=C\C(=O)OC2(C)CNCCc3ccccc32)CNCCc2ccccc21. The van der Waals surface area contributed by atoms with Gasteiger partial charge in [0.05, 0.1) is 0 Å². The normalized spacial score (nSPS) is 25.2. The Morgan fingerprint density at radius 2 is 1.16 bits per heavy atom. The molecule has 2 aliphatic heterocycles. The molecule has 0 aliphatic carbocycles. The number of nitrogens with one attached hydrogen (secondary N) is 2. The third-order valence-electron chi connectivity index (χ3n) is 6.25. The van der Waals surface area contributed by atoms with Crippen LogP contribution in [0.25, 0.3) is 0 Å². The van der Waals surface area contributed by atoms with Gasteiger partial charge in [0.2, 0.25) is 0 Å². The maximum atomic E-state index is 12.6. The van der Waals surface area contributed by atoms with Gasteiger partial charge in [0.25, 0.3) is 0 Å². The van der Waals surface area contributed by atoms with Crippen molar-refractivity contribution in [1.29, 1.82) is 0 Å². The highest BCUT2D eigenvalue weighted by Gasteiger charge is 2.35. The Kier molecular flexibility index (Phi) is 6.44. The largest absolute Gasteiger partial charge is 0.450 e. The molecule has 6 nitrogen and oxygen atoms in total. The number of ether oxygens (including phenoxy) is 2. The van der Waals surface area contributed by atoms with Crippen LogP contribution in [-0.4, -0.2) is 38.1 Å². The first-order valence-corrected chi connectivity index (χ1v) is 11.1. The van der Waals surface area contributed by atoms with Crippen molar-refractivity contribution in [2.45, 2.75) is 37.9 Å². The van der Waals surface area contributed by atoms with E-state index in [1.165, 1.54) is 0 Å². The second-order valence-corrected chi connectivity index (χ2v) is 8.81. The van der Waals surface area contributed by atoms with E-state index in [-0.39, 0.29) is 0 Å². The quantitative estimate of drug-likeness (QED) is 0.569. The summed E-state index contributed by atoms with van der Waals surface area (Å²) in [4.78, 5) is 25.2. The van der Waals surface area contributed by atoms with E-state index in [1.54, 1.807) is 0 Å². The lowest BCUT2D eigenvalue weighted by atomic mass is 9.91. The van der Waals surface area contributed by atoms with Gasteiger partial charge in [-0.1, -0.05) is 48.5 Å². The van der Waals surface area contributed by atoms with E-state index in [9.17, 15) is 9.59 Å². The van der Waals surface area contributed by atoms with E-state index in [2.05, 4.69) is 22.8 Å². The van der Waals surface area contributed by atoms with E-state index in [1.807, 2.05) is 50.2 Å². The van der Waals surface area contributed by atoms with Gasteiger partial charge in [-0.25, -0.2) is 9.59 Å². The van der Waals surface area contributed by atoms with Crippen molar-refractivity contribution < 1.29 is 19.1 Å². The first kappa shape index (κ1) is 22.2. The molecule has 2 aliphatic rings. The first-order valence-electron chi connectivity index (χ1n) is 11.1. The molecule has 0 radical (unpaired) electrons. The number of benzene rings is 2. The van der Waals surface area contributed by atoms with Crippen molar-refractivity contribution in [2.24, 2.45) is 0 Å². The van der Waals surface area contributed by atoms with Gasteiger partial charge < -0.3 is 20.1 Å². The molecule has 168 valence electrons. The molecule has 2 aromatic rings. The molecule has 32 heavy (non-hydrogen) atoms. The van der Waals surface area contributed by atoms with Gasteiger partial charge in [-0.3, -0.25) is 0 Å². The molecule has 0 bridgehead atoms. The Labute approximate surface area is 189 Å². The Hall–Kier alpha value is -2.96. The van der Waals surface area contributed by atoms with Crippen molar-refractivity contribution in [3.05, 3.63) is 82.9 Å². The molecular formula is C26H30N2O4. The Morgan fingerprint density at radius 3 is 1.59 bits per heavy atom. The maximum Gasteiger partial charge on any atom is 0.331 e. The summed E-state index contributed by atoms with van der Waals surface area (Å²) in [5, 5.41) is 6.66. The molecule has 2 unspecified atom stereocenters. The highest BCUT2D eigenvalue weighted by atomic mass is 16.6. The lowest BCUT2D eigenvalue weighted by Crippen LogP contribution is -2.39. The van der Waals surface area contributed by atoms with Gasteiger partial charge >= 0.3 is 11.9 Å². The van der Waals surface area contributed by atoms with Crippen molar-refractivity contribution in [1.82, 2.24) is 10.6 Å². The smallest absolute Gasteiger partial charge is 0.331 e. The van der Waals surface area contributed by atoms with Crippen LogP contribution in [0.2, 0.25) is 0 Å². The van der Waals surface area contributed by atoms with Crippen LogP contribution in [0.4, 0.5) is 0 Å². The predicted molar refractivity (Wildman–Crippen MR) is 122 cm³/mol. The molecule has 0 fully saturated rings. The second-order valence-electron chi connectivity index (χ2n) is 8.81. The molecule has 4 rings (SSSR count). The molecule has 0 spiro atoms. The average molecular weight is 435 g/mol. The Balaban J connectivity index is 1.45. The van der Waals surface area contributed by atoms with Gasteiger partial charge in [-0.15, -0.1) is 0 Å². The average Bonchev–Trinajstić information content (AvgIpc) is 3.05. The number of carbonyl (C=O) groups excluding carboxylic acids is 2. The van der Waals surface area contributed by atoms with Crippen LogP contribution in [0.1, 0.15) is 36.1 Å². The lowest BCUT2D eigenvalue weighted by molar-refractivity contribution is -0.155. The fraction of sp³-hybridized carbons (Fsp3) is 0.385. The van der Waals surface area contributed by atoms with E-state index in [0.717, 1.165) is 60.3 Å². The minimum absolute atomic E-state index is 0.508. The van der Waals surface area contributed by atoms with E-state index >= 15 is 0 Å². The number of esters is 2. The van der Waals surface area contributed by atoms with E-state index < -0.39 is 23.1 Å². The minimum Gasteiger partial charge on any atom is -0.450 e. The molecule has 0 amide bonds. The zero-order valence-corrected chi connectivity index (χ0v) is 18.6. The van der Waals surface area contributed by atoms with Crippen molar-refractivity contribution >= 4 is 11.9 Å². The van der Waals surface area contributed by atoms with Crippen LogP contribution in [0.3, 0.4) is 0 Å². The number of fused-ring (bicyclic) bond motifs is 2. The molecule has 2 atom stereocenters. The molecule has 2 heterocycles. The van der Waals surface area contributed by atoms with Crippen molar-refractivity contribution in [3.63, 3.8) is 0 Å². The summed E-state index contributed by atoms with van der Waals surface area (Å²) in [6.07, 6.45) is 4.06. The van der Waals surface area contributed by atoms with Crippen LogP contribution >= 0.6 is 0 Å². The standard InChI is InChI=1S/C26H30N2O4/c1-25(17-27-15-13-19-7-3-5-9-21(19)25)31-23(29)11-12-24(30)32-26(2)18-28-16-14-20-8-4-6-10-22(20)26/h3-12,27-28H,13-18H2,1-2H3/b12-11-. The zero-order valence-electron chi connectivity index (χ0n) is 18.6. The molecule has 2 aromatic carbocycles. The van der Waals surface area contributed by atoms with Gasteiger partial charge in [0.15, 0.2) is 0 Å². The lowest BCUT2D eigenvalue weighted by Gasteiger charge is -2.30. The van der Waals surface area contributed by atoms with Crippen molar-refractivity contribution in [2.75, 3.05) is 26.2 Å². The molecular weight excluding hydrogens is 404 g/mol. The summed E-state index contributed by atoms with van der Waals surface area (Å²) in [6.45, 7) is 6.44. The van der Waals surface area contributed by atoms with Gasteiger partial charge in [0, 0.05) is 25.2 Å². The minimum atomic E-state index is -0.811. The number of hydrogen-bond donors (Lipinski definition) is 2. The number of hydrogen-bond acceptors (Lipinski definition) is 6.